The van der Waals surface area contributed by atoms with Gasteiger partial charge in [-0.05, 0) is 17.5 Å². The standard InChI is InChI=1S/C20H21N3O3S/c1-2-13-23-17(24)14-27-19(23)22-21-18(25)20(26,15-9-5-3-6-10-15)16-11-7-4-8-12-16/h3-12,26H,2,13-14H2,1H3,(H,21,25)/b22-19-. The molecular weight excluding hydrogens is 362 g/mol. The van der Waals surface area contributed by atoms with Crippen LogP contribution in [0, 0.1) is 0 Å². The predicted molar refractivity (Wildman–Crippen MR) is 106 cm³/mol. The van der Waals surface area contributed by atoms with Gasteiger partial charge in [-0.15, -0.1) is 5.10 Å². The molecule has 2 N–H and O–H groups in total. The summed E-state index contributed by atoms with van der Waals surface area (Å²) in [7, 11) is 0. The largest absolute Gasteiger partial charge is 0.372 e. The van der Waals surface area contributed by atoms with Crippen molar-refractivity contribution in [2.24, 2.45) is 5.10 Å². The number of nitrogens with zero attached hydrogens (tertiary/aromatic N) is 2. The van der Waals surface area contributed by atoms with Crippen molar-refractivity contribution in [3.05, 3.63) is 71.8 Å². The Hall–Kier alpha value is -2.64. The van der Waals surface area contributed by atoms with E-state index in [-0.39, 0.29) is 5.91 Å². The van der Waals surface area contributed by atoms with Crippen molar-refractivity contribution in [3.63, 3.8) is 0 Å². The molecule has 3 rings (SSSR count). The van der Waals surface area contributed by atoms with Crippen LogP contribution < -0.4 is 5.43 Å². The Morgan fingerprint density at radius 1 is 1.15 bits per heavy atom. The molecular formula is C20H21N3O3S. The fourth-order valence-corrected chi connectivity index (χ4v) is 3.76. The van der Waals surface area contributed by atoms with Gasteiger partial charge in [0.1, 0.15) is 0 Å². The predicted octanol–water partition coefficient (Wildman–Crippen LogP) is 2.30. The highest BCUT2D eigenvalue weighted by molar-refractivity contribution is 8.15. The molecule has 1 fully saturated rings. The third kappa shape index (κ3) is 3.89. The number of amides is 2. The van der Waals surface area contributed by atoms with Crippen molar-refractivity contribution >= 4 is 28.7 Å². The van der Waals surface area contributed by atoms with Crippen LogP contribution in [0.3, 0.4) is 0 Å². The van der Waals surface area contributed by atoms with Crippen LogP contribution in [0.4, 0.5) is 0 Å². The maximum absolute atomic E-state index is 13.0. The van der Waals surface area contributed by atoms with Gasteiger partial charge >= 0.3 is 0 Å². The van der Waals surface area contributed by atoms with Crippen molar-refractivity contribution in [3.8, 4) is 0 Å². The van der Waals surface area contributed by atoms with Gasteiger partial charge in [0.2, 0.25) is 5.91 Å². The summed E-state index contributed by atoms with van der Waals surface area (Å²) in [6, 6.07) is 17.4. The Morgan fingerprint density at radius 2 is 1.70 bits per heavy atom. The molecule has 0 radical (unpaired) electrons. The monoisotopic (exact) mass is 383 g/mol. The first-order chi connectivity index (χ1) is 13.1. The lowest BCUT2D eigenvalue weighted by atomic mass is 9.86. The summed E-state index contributed by atoms with van der Waals surface area (Å²) >= 11 is 1.27. The highest BCUT2D eigenvalue weighted by atomic mass is 32.2. The van der Waals surface area contributed by atoms with E-state index in [2.05, 4.69) is 10.5 Å². The molecule has 2 aromatic rings. The van der Waals surface area contributed by atoms with Crippen molar-refractivity contribution in [1.29, 1.82) is 0 Å². The minimum atomic E-state index is -1.89. The zero-order valence-corrected chi connectivity index (χ0v) is 15.8. The van der Waals surface area contributed by atoms with Gasteiger partial charge in [-0.1, -0.05) is 79.3 Å². The van der Waals surface area contributed by atoms with Crippen LogP contribution in [0.1, 0.15) is 24.5 Å². The topological polar surface area (TPSA) is 82.0 Å². The molecule has 27 heavy (non-hydrogen) atoms. The molecule has 0 aromatic heterocycles. The van der Waals surface area contributed by atoms with Crippen LogP contribution in [0.15, 0.2) is 65.8 Å². The van der Waals surface area contributed by atoms with Gasteiger partial charge in [0.15, 0.2) is 10.8 Å². The molecule has 2 amide bonds. The van der Waals surface area contributed by atoms with E-state index in [9.17, 15) is 14.7 Å². The van der Waals surface area contributed by atoms with Gasteiger partial charge in [0.25, 0.3) is 5.91 Å². The molecule has 0 saturated carbocycles. The molecule has 1 aliphatic heterocycles. The summed E-state index contributed by atoms with van der Waals surface area (Å²) in [5.74, 6) is -0.406. The Balaban J connectivity index is 1.91. The fraction of sp³-hybridized carbons (Fsp3) is 0.250. The molecule has 0 bridgehead atoms. The normalized spacial score (nSPS) is 16.0. The minimum absolute atomic E-state index is 0.0313. The van der Waals surface area contributed by atoms with Crippen molar-refractivity contribution < 1.29 is 14.7 Å². The van der Waals surface area contributed by atoms with Crippen LogP contribution in [-0.2, 0) is 15.2 Å². The number of nitrogens with one attached hydrogen (secondary N) is 1. The van der Waals surface area contributed by atoms with E-state index in [1.807, 2.05) is 19.1 Å². The quantitative estimate of drug-likeness (QED) is 0.750. The second-order valence-corrected chi connectivity index (χ2v) is 7.05. The minimum Gasteiger partial charge on any atom is -0.372 e. The van der Waals surface area contributed by atoms with Crippen LogP contribution in [0.2, 0.25) is 0 Å². The summed E-state index contributed by atoms with van der Waals surface area (Å²) in [6.07, 6.45) is 0.789. The lowest BCUT2D eigenvalue weighted by molar-refractivity contribution is -0.136. The Morgan fingerprint density at radius 3 is 2.22 bits per heavy atom. The number of rotatable bonds is 6. The van der Waals surface area contributed by atoms with E-state index in [4.69, 9.17) is 0 Å². The molecule has 140 valence electrons. The van der Waals surface area contributed by atoms with E-state index in [1.54, 1.807) is 53.4 Å². The van der Waals surface area contributed by atoms with Gasteiger partial charge in [-0.2, -0.15) is 0 Å². The molecule has 0 atom stereocenters. The molecule has 1 heterocycles. The number of aliphatic hydroxyl groups is 1. The highest BCUT2D eigenvalue weighted by Crippen LogP contribution is 2.30. The molecule has 0 spiro atoms. The second kappa shape index (κ2) is 8.37. The van der Waals surface area contributed by atoms with Gasteiger partial charge in [0, 0.05) is 6.54 Å². The SMILES string of the molecule is CCCN1C(=O)CS/C1=N\NC(=O)C(O)(c1ccccc1)c1ccccc1. The number of carbonyl (C=O) groups excluding carboxylic acids is 2. The van der Waals surface area contributed by atoms with Crippen molar-refractivity contribution in [2.45, 2.75) is 18.9 Å². The second-order valence-electron chi connectivity index (χ2n) is 6.11. The van der Waals surface area contributed by atoms with E-state index >= 15 is 0 Å². The smallest absolute Gasteiger partial charge is 0.281 e. The Bertz CT molecular complexity index is 801. The van der Waals surface area contributed by atoms with E-state index < -0.39 is 11.5 Å². The molecule has 7 heteroatoms. The van der Waals surface area contributed by atoms with Gasteiger partial charge in [0.05, 0.1) is 5.75 Å². The van der Waals surface area contributed by atoms with Crippen LogP contribution in [0.25, 0.3) is 0 Å². The van der Waals surface area contributed by atoms with Crippen molar-refractivity contribution in [2.75, 3.05) is 12.3 Å². The van der Waals surface area contributed by atoms with Gasteiger partial charge in [-0.25, -0.2) is 5.43 Å². The average Bonchev–Trinajstić information content (AvgIpc) is 3.06. The summed E-state index contributed by atoms with van der Waals surface area (Å²) in [5, 5.41) is 15.9. The fourth-order valence-electron chi connectivity index (χ4n) is 2.89. The lowest BCUT2D eigenvalue weighted by Crippen LogP contribution is -2.44. The summed E-state index contributed by atoms with van der Waals surface area (Å²) in [5.41, 5.74) is 1.44. The number of carbonyl (C=O) groups is 2. The third-order valence-electron chi connectivity index (χ3n) is 4.27. The first-order valence-corrected chi connectivity index (χ1v) is 9.70. The maximum Gasteiger partial charge on any atom is 0.281 e. The number of thioether (sulfide) groups is 1. The number of hydrogen-bond acceptors (Lipinski definition) is 5. The highest BCUT2D eigenvalue weighted by Gasteiger charge is 2.40. The van der Waals surface area contributed by atoms with Crippen molar-refractivity contribution in [1.82, 2.24) is 10.3 Å². The molecule has 0 aliphatic carbocycles. The molecule has 1 saturated heterocycles. The number of benzene rings is 2. The first kappa shape index (κ1) is 19.1. The van der Waals surface area contributed by atoms with Crippen LogP contribution >= 0.6 is 11.8 Å². The molecule has 6 nitrogen and oxygen atoms in total. The molecule has 1 aliphatic rings. The summed E-state index contributed by atoms with van der Waals surface area (Å²) < 4.78 is 0. The van der Waals surface area contributed by atoms with Crippen LogP contribution in [0.5, 0.6) is 0 Å². The van der Waals surface area contributed by atoms with Gasteiger partial charge < -0.3 is 5.11 Å². The molecule has 0 unspecified atom stereocenters. The van der Waals surface area contributed by atoms with E-state index in [0.717, 1.165) is 6.42 Å². The maximum atomic E-state index is 13.0. The number of amidine groups is 1. The Kier molecular flexibility index (Phi) is 5.93. The number of hydrazone groups is 1. The zero-order chi connectivity index (χ0) is 19.3. The average molecular weight is 383 g/mol. The van der Waals surface area contributed by atoms with E-state index in [1.165, 1.54) is 11.8 Å². The van der Waals surface area contributed by atoms with Crippen LogP contribution in [-0.4, -0.2) is 39.3 Å². The third-order valence-corrected chi connectivity index (χ3v) is 5.23. The zero-order valence-electron chi connectivity index (χ0n) is 15.0. The summed E-state index contributed by atoms with van der Waals surface area (Å²) in [6.45, 7) is 2.51. The lowest BCUT2D eigenvalue weighted by Gasteiger charge is -2.27. The number of hydrogen-bond donors (Lipinski definition) is 2. The van der Waals surface area contributed by atoms with Gasteiger partial charge in [-0.3, -0.25) is 14.5 Å². The Labute approximate surface area is 162 Å². The van der Waals surface area contributed by atoms with E-state index in [0.29, 0.717) is 28.6 Å². The summed E-state index contributed by atoms with van der Waals surface area (Å²) in [4.78, 5) is 26.5. The molecule has 2 aromatic carbocycles. The first-order valence-electron chi connectivity index (χ1n) is 8.72.